The van der Waals surface area contributed by atoms with Gasteiger partial charge in [0.15, 0.2) is 6.61 Å². The number of hydrogen-bond donors (Lipinski definition) is 0. The third-order valence-corrected chi connectivity index (χ3v) is 4.00. The Hall–Kier alpha value is -3.22. The van der Waals surface area contributed by atoms with E-state index in [0.29, 0.717) is 13.1 Å². The Morgan fingerprint density at radius 2 is 1.81 bits per heavy atom. The maximum atomic E-state index is 12.3. The summed E-state index contributed by atoms with van der Waals surface area (Å²) in [5, 5.41) is 11.0. The van der Waals surface area contributed by atoms with Crippen LogP contribution in [0.5, 0.6) is 0 Å². The number of rotatable bonds is 7. The van der Waals surface area contributed by atoms with E-state index in [-0.39, 0.29) is 22.7 Å². The Bertz CT molecular complexity index is 805. The van der Waals surface area contributed by atoms with Crippen LogP contribution in [-0.4, -0.2) is 34.9 Å². The lowest BCUT2D eigenvalue weighted by Crippen LogP contribution is -2.34. The van der Waals surface area contributed by atoms with Gasteiger partial charge in [-0.3, -0.25) is 14.9 Å². The van der Waals surface area contributed by atoms with Crippen LogP contribution >= 0.6 is 0 Å². The molecule has 0 spiro atoms. The maximum absolute atomic E-state index is 12.3. The van der Waals surface area contributed by atoms with Gasteiger partial charge in [-0.2, -0.15) is 0 Å². The van der Waals surface area contributed by atoms with Crippen LogP contribution < -0.4 is 0 Å². The van der Waals surface area contributed by atoms with Crippen LogP contribution in [0.2, 0.25) is 0 Å². The van der Waals surface area contributed by atoms with Crippen LogP contribution in [0.3, 0.4) is 0 Å². The van der Waals surface area contributed by atoms with Crippen LogP contribution in [0.4, 0.5) is 5.69 Å². The summed E-state index contributed by atoms with van der Waals surface area (Å²) in [5.74, 6) is -1.08. The van der Waals surface area contributed by atoms with Gasteiger partial charge in [0.25, 0.3) is 11.6 Å². The Morgan fingerprint density at radius 3 is 2.42 bits per heavy atom. The van der Waals surface area contributed by atoms with Crippen LogP contribution in [-0.2, 0) is 16.1 Å². The molecule has 2 aromatic rings. The molecule has 0 heterocycles. The first-order valence-corrected chi connectivity index (χ1v) is 8.16. The molecule has 0 aliphatic carbocycles. The number of carbonyl (C=O) groups is 2. The normalized spacial score (nSPS) is 10.2. The second-order valence-electron chi connectivity index (χ2n) is 5.68. The average molecular weight is 356 g/mol. The van der Waals surface area contributed by atoms with Crippen molar-refractivity contribution in [2.45, 2.75) is 20.4 Å². The topological polar surface area (TPSA) is 89.8 Å². The summed E-state index contributed by atoms with van der Waals surface area (Å²) in [6.45, 7) is 3.80. The minimum absolute atomic E-state index is 0.0816. The number of nitrogens with zero attached hydrogens (tertiary/aromatic N) is 2. The summed E-state index contributed by atoms with van der Waals surface area (Å²) in [4.78, 5) is 36.5. The Kier molecular flexibility index (Phi) is 6.43. The van der Waals surface area contributed by atoms with Crippen LogP contribution in [0, 0.1) is 17.0 Å². The van der Waals surface area contributed by atoms with Crippen molar-refractivity contribution in [2.24, 2.45) is 0 Å². The molecule has 7 heteroatoms. The quantitative estimate of drug-likeness (QED) is 0.432. The predicted octanol–water partition coefficient (Wildman–Crippen LogP) is 3.11. The van der Waals surface area contributed by atoms with Crippen molar-refractivity contribution < 1.29 is 19.2 Å². The molecule has 0 saturated heterocycles. The summed E-state index contributed by atoms with van der Waals surface area (Å²) in [6.07, 6.45) is 0. The highest BCUT2D eigenvalue weighted by Crippen LogP contribution is 2.21. The van der Waals surface area contributed by atoms with Gasteiger partial charge < -0.3 is 9.64 Å². The van der Waals surface area contributed by atoms with Gasteiger partial charge in [-0.1, -0.05) is 36.4 Å². The molecule has 0 aromatic heterocycles. The molecule has 2 rings (SSSR count). The van der Waals surface area contributed by atoms with Crippen LogP contribution in [0.15, 0.2) is 48.5 Å². The summed E-state index contributed by atoms with van der Waals surface area (Å²) >= 11 is 0. The number of likely N-dealkylation sites (N-methyl/N-ethyl adjacent to an activating group) is 1. The van der Waals surface area contributed by atoms with E-state index in [9.17, 15) is 19.7 Å². The zero-order valence-corrected chi connectivity index (χ0v) is 14.7. The highest BCUT2D eigenvalue weighted by molar-refractivity contribution is 5.93. The molecule has 0 atom stereocenters. The van der Waals surface area contributed by atoms with E-state index in [0.717, 1.165) is 5.56 Å². The second-order valence-corrected chi connectivity index (χ2v) is 5.68. The molecule has 0 saturated carbocycles. The van der Waals surface area contributed by atoms with Crippen molar-refractivity contribution >= 4 is 17.6 Å². The lowest BCUT2D eigenvalue weighted by molar-refractivity contribution is -0.385. The zero-order valence-electron chi connectivity index (χ0n) is 14.7. The van der Waals surface area contributed by atoms with Crippen LogP contribution in [0.1, 0.15) is 28.4 Å². The van der Waals surface area contributed by atoms with Crippen molar-refractivity contribution in [1.29, 1.82) is 0 Å². The van der Waals surface area contributed by atoms with Gasteiger partial charge in [0.2, 0.25) is 0 Å². The molecule has 0 fully saturated rings. The van der Waals surface area contributed by atoms with Gasteiger partial charge in [-0.05, 0) is 25.5 Å². The van der Waals surface area contributed by atoms with Gasteiger partial charge in [0, 0.05) is 24.7 Å². The van der Waals surface area contributed by atoms with E-state index in [1.807, 2.05) is 37.3 Å². The smallest absolute Gasteiger partial charge is 0.339 e. The van der Waals surface area contributed by atoms with Crippen molar-refractivity contribution in [1.82, 2.24) is 4.90 Å². The monoisotopic (exact) mass is 356 g/mol. The lowest BCUT2D eigenvalue weighted by Gasteiger charge is -2.21. The minimum atomic E-state index is -0.754. The molecular formula is C19H20N2O5. The van der Waals surface area contributed by atoms with Gasteiger partial charge in [-0.15, -0.1) is 0 Å². The number of nitro benzene ring substituents is 1. The van der Waals surface area contributed by atoms with E-state index >= 15 is 0 Å². The molecule has 0 unspecified atom stereocenters. The largest absolute Gasteiger partial charge is 0.452 e. The van der Waals surface area contributed by atoms with Crippen molar-refractivity contribution in [2.75, 3.05) is 13.2 Å². The number of amides is 1. The maximum Gasteiger partial charge on any atom is 0.339 e. The average Bonchev–Trinajstić information content (AvgIpc) is 2.64. The van der Waals surface area contributed by atoms with Gasteiger partial charge >= 0.3 is 5.97 Å². The minimum Gasteiger partial charge on any atom is -0.452 e. The number of hydrogen-bond acceptors (Lipinski definition) is 5. The van der Waals surface area contributed by atoms with Gasteiger partial charge in [-0.25, -0.2) is 4.79 Å². The molecule has 26 heavy (non-hydrogen) atoms. The third-order valence-electron chi connectivity index (χ3n) is 4.00. The third kappa shape index (κ3) is 4.66. The predicted molar refractivity (Wildman–Crippen MR) is 95.6 cm³/mol. The molecule has 0 aliphatic rings. The highest BCUT2D eigenvalue weighted by Gasteiger charge is 2.21. The molecule has 2 aromatic carbocycles. The van der Waals surface area contributed by atoms with E-state index in [1.54, 1.807) is 4.90 Å². The van der Waals surface area contributed by atoms with Crippen molar-refractivity contribution in [3.63, 3.8) is 0 Å². The SMILES string of the molecule is CCN(Cc1ccccc1)C(=O)COC(=O)c1cccc([N+](=O)[O-])c1C. The number of carbonyl (C=O) groups excluding carboxylic acids is 2. The second kappa shape index (κ2) is 8.75. The Morgan fingerprint density at radius 1 is 1.12 bits per heavy atom. The fourth-order valence-electron chi connectivity index (χ4n) is 2.52. The van der Waals surface area contributed by atoms with Crippen LogP contribution in [0.25, 0.3) is 0 Å². The van der Waals surface area contributed by atoms with E-state index in [1.165, 1.54) is 25.1 Å². The number of nitro groups is 1. The lowest BCUT2D eigenvalue weighted by atomic mass is 10.1. The van der Waals surface area contributed by atoms with Gasteiger partial charge in [0.1, 0.15) is 0 Å². The Labute approximate surface area is 151 Å². The molecule has 136 valence electrons. The summed E-state index contributed by atoms with van der Waals surface area (Å²) in [6, 6.07) is 13.7. The highest BCUT2D eigenvalue weighted by atomic mass is 16.6. The van der Waals surface area contributed by atoms with E-state index < -0.39 is 17.5 Å². The van der Waals surface area contributed by atoms with E-state index in [4.69, 9.17) is 4.74 Å². The van der Waals surface area contributed by atoms with Crippen molar-refractivity contribution in [3.05, 3.63) is 75.3 Å². The first-order valence-electron chi connectivity index (χ1n) is 8.16. The molecule has 0 N–H and O–H groups in total. The molecule has 7 nitrogen and oxygen atoms in total. The van der Waals surface area contributed by atoms with Crippen molar-refractivity contribution in [3.8, 4) is 0 Å². The standard InChI is InChI=1S/C19H20N2O5/c1-3-20(12-15-8-5-4-6-9-15)18(22)13-26-19(23)16-10-7-11-17(14(16)2)21(24)25/h4-11H,3,12-13H2,1-2H3. The number of benzene rings is 2. The fraction of sp³-hybridized carbons (Fsp3) is 0.263. The summed E-state index contributed by atoms with van der Waals surface area (Å²) in [7, 11) is 0. The zero-order chi connectivity index (χ0) is 19.1. The number of ether oxygens (including phenoxy) is 1. The Balaban J connectivity index is 2.01. The van der Waals surface area contributed by atoms with Gasteiger partial charge in [0.05, 0.1) is 10.5 Å². The molecule has 0 radical (unpaired) electrons. The molecule has 0 aliphatic heterocycles. The summed E-state index contributed by atoms with van der Waals surface area (Å²) in [5.41, 5.74) is 1.11. The first kappa shape index (κ1) is 19.1. The summed E-state index contributed by atoms with van der Waals surface area (Å²) < 4.78 is 5.07. The number of esters is 1. The molecule has 0 bridgehead atoms. The first-order chi connectivity index (χ1) is 12.4. The molecular weight excluding hydrogens is 336 g/mol. The van der Waals surface area contributed by atoms with E-state index in [2.05, 4.69) is 0 Å². The fourth-order valence-corrected chi connectivity index (χ4v) is 2.52. The molecule has 1 amide bonds.